The Hall–Kier alpha value is -3.46. The number of amides is 1. The summed E-state index contributed by atoms with van der Waals surface area (Å²) in [5.74, 6) is 0.379. The second-order valence-corrected chi connectivity index (χ2v) is 8.11. The van der Waals surface area contributed by atoms with Crippen LogP contribution in [0.25, 0.3) is 10.9 Å². The number of anilines is 2. The van der Waals surface area contributed by atoms with Gasteiger partial charge in [0.25, 0.3) is 0 Å². The van der Waals surface area contributed by atoms with Gasteiger partial charge in [-0.05, 0) is 56.9 Å². The van der Waals surface area contributed by atoms with Crippen molar-refractivity contribution in [3.63, 3.8) is 0 Å². The van der Waals surface area contributed by atoms with Crippen LogP contribution in [0.2, 0.25) is 0 Å². The summed E-state index contributed by atoms with van der Waals surface area (Å²) in [5, 5.41) is 13.7. The minimum absolute atomic E-state index is 0.0275. The highest BCUT2D eigenvalue weighted by Crippen LogP contribution is 2.34. The zero-order chi connectivity index (χ0) is 21.3. The van der Waals surface area contributed by atoms with Gasteiger partial charge in [0.15, 0.2) is 0 Å². The summed E-state index contributed by atoms with van der Waals surface area (Å²) in [6.45, 7) is 7.44. The summed E-state index contributed by atoms with van der Waals surface area (Å²) in [6.07, 6.45) is 5.10. The monoisotopic (exact) mass is 399 g/mol. The molecule has 152 valence electrons. The predicted molar refractivity (Wildman–Crippen MR) is 118 cm³/mol. The van der Waals surface area contributed by atoms with Crippen LogP contribution in [-0.2, 0) is 4.79 Å². The fourth-order valence-electron chi connectivity index (χ4n) is 4.23. The molecule has 1 aromatic carbocycles. The maximum Gasteiger partial charge on any atom is 0.230 e. The van der Waals surface area contributed by atoms with Gasteiger partial charge in [0.05, 0.1) is 22.7 Å². The van der Waals surface area contributed by atoms with E-state index in [0.29, 0.717) is 17.9 Å². The molecule has 0 radical (unpaired) electrons. The number of fused-ring (bicyclic) bond motifs is 1. The number of benzene rings is 1. The molecule has 0 spiro atoms. The second-order valence-electron chi connectivity index (χ2n) is 8.11. The molecule has 0 saturated carbocycles. The molecule has 6 nitrogen and oxygen atoms in total. The number of nitrogens with one attached hydrogen (secondary N) is 1. The van der Waals surface area contributed by atoms with Gasteiger partial charge in [0.2, 0.25) is 5.91 Å². The Morgan fingerprint density at radius 1 is 1.17 bits per heavy atom. The van der Waals surface area contributed by atoms with Crippen LogP contribution in [0.4, 0.5) is 11.5 Å². The molecule has 0 aliphatic carbocycles. The Morgan fingerprint density at radius 2 is 2.00 bits per heavy atom. The molecule has 4 rings (SSSR count). The van der Waals surface area contributed by atoms with Crippen LogP contribution in [0.5, 0.6) is 0 Å². The van der Waals surface area contributed by atoms with Crippen LogP contribution in [0.1, 0.15) is 35.1 Å². The van der Waals surface area contributed by atoms with E-state index in [-0.39, 0.29) is 11.8 Å². The maximum absolute atomic E-state index is 12.9. The molecule has 3 heterocycles. The first kappa shape index (κ1) is 19.8. The smallest absolute Gasteiger partial charge is 0.230 e. The number of aryl methyl sites for hydroxylation is 3. The summed E-state index contributed by atoms with van der Waals surface area (Å²) in [4.78, 5) is 23.9. The Morgan fingerprint density at radius 3 is 2.73 bits per heavy atom. The first-order valence-corrected chi connectivity index (χ1v) is 10.2. The van der Waals surface area contributed by atoms with Crippen molar-refractivity contribution in [3.05, 3.63) is 58.9 Å². The lowest BCUT2D eigenvalue weighted by molar-refractivity contribution is -0.120. The largest absolute Gasteiger partial charge is 0.369 e. The number of rotatable bonds is 3. The molecule has 30 heavy (non-hydrogen) atoms. The number of piperidine rings is 1. The molecule has 1 aliphatic rings. The van der Waals surface area contributed by atoms with Crippen LogP contribution < -0.4 is 10.2 Å². The SMILES string of the molecule is Cc1ccc(NC(=O)C2CCCN(c3c(C#N)cnc4c(C)cc(C)cc34)C2)nc1. The van der Waals surface area contributed by atoms with Crippen molar-refractivity contribution in [3.8, 4) is 6.07 Å². The number of hydrogen-bond acceptors (Lipinski definition) is 5. The van der Waals surface area contributed by atoms with Crippen molar-refractivity contribution in [2.75, 3.05) is 23.3 Å². The van der Waals surface area contributed by atoms with Gasteiger partial charge in [0.1, 0.15) is 11.9 Å². The van der Waals surface area contributed by atoms with E-state index < -0.39 is 0 Å². The van der Waals surface area contributed by atoms with Gasteiger partial charge < -0.3 is 10.2 Å². The van der Waals surface area contributed by atoms with E-state index in [2.05, 4.69) is 45.3 Å². The molecule has 1 amide bonds. The van der Waals surface area contributed by atoms with E-state index in [1.54, 1.807) is 12.4 Å². The summed E-state index contributed by atoms with van der Waals surface area (Å²) < 4.78 is 0. The Labute approximate surface area is 176 Å². The third-order valence-corrected chi connectivity index (χ3v) is 5.67. The number of aromatic nitrogens is 2. The molecule has 0 bridgehead atoms. The quantitative estimate of drug-likeness (QED) is 0.711. The second kappa shape index (κ2) is 8.11. The lowest BCUT2D eigenvalue weighted by Gasteiger charge is -2.35. The fraction of sp³-hybridized carbons (Fsp3) is 0.333. The lowest BCUT2D eigenvalue weighted by Crippen LogP contribution is -2.41. The van der Waals surface area contributed by atoms with Crippen molar-refractivity contribution in [2.45, 2.75) is 33.6 Å². The van der Waals surface area contributed by atoms with Crippen molar-refractivity contribution < 1.29 is 4.79 Å². The number of hydrogen-bond donors (Lipinski definition) is 1. The lowest BCUT2D eigenvalue weighted by atomic mass is 9.94. The molecule has 1 saturated heterocycles. The third-order valence-electron chi connectivity index (χ3n) is 5.67. The molecular formula is C24H25N5O. The van der Waals surface area contributed by atoms with Crippen LogP contribution >= 0.6 is 0 Å². The standard InChI is InChI=1S/C24H25N5O/c1-15-6-7-21(26-12-15)28-24(30)18-5-4-8-29(14-18)23-19(11-25)13-27-22-17(3)9-16(2)10-20(22)23/h6-7,9-10,12-13,18H,4-5,8,14H2,1-3H3,(H,26,28,30). The molecule has 1 unspecified atom stereocenters. The first-order valence-electron chi connectivity index (χ1n) is 10.2. The summed E-state index contributed by atoms with van der Waals surface area (Å²) in [5.41, 5.74) is 5.62. The van der Waals surface area contributed by atoms with E-state index >= 15 is 0 Å². The van der Waals surface area contributed by atoms with E-state index in [1.807, 2.05) is 26.0 Å². The minimum Gasteiger partial charge on any atom is -0.369 e. The molecular weight excluding hydrogens is 374 g/mol. The highest BCUT2D eigenvalue weighted by molar-refractivity contribution is 5.97. The van der Waals surface area contributed by atoms with E-state index in [4.69, 9.17) is 0 Å². The molecule has 1 fully saturated rings. The number of carbonyl (C=O) groups excluding carboxylic acids is 1. The average molecular weight is 399 g/mol. The number of pyridine rings is 2. The van der Waals surface area contributed by atoms with E-state index in [0.717, 1.165) is 52.7 Å². The van der Waals surface area contributed by atoms with Crippen molar-refractivity contribution >= 4 is 28.3 Å². The van der Waals surface area contributed by atoms with Gasteiger partial charge in [-0.25, -0.2) is 4.98 Å². The van der Waals surface area contributed by atoms with Crippen molar-refractivity contribution in [1.29, 1.82) is 5.26 Å². The maximum atomic E-state index is 12.9. The molecule has 1 N–H and O–H groups in total. The topological polar surface area (TPSA) is 81.9 Å². The third kappa shape index (κ3) is 3.84. The fourth-order valence-corrected chi connectivity index (χ4v) is 4.23. The van der Waals surface area contributed by atoms with E-state index in [9.17, 15) is 10.1 Å². The normalized spacial score (nSPS) is 16.3. The van der Waals surface area contributed by atoms with Gasteiger partial charge in [-0.3, -0.25) is 9.78 Å². The molecule has 2 aromatic heterocycles. The summed E-state index contributed by atoms with van der Waals surface area (Å²) in [7, 11) is 0. The van der Waals surface area contributed by atoms with Crippen molar-refractivity contribution in [2.24, 2.45) is 5.92 Å². The van der Waals surface area contributed by atoms with Gasteiger partial charge in [-0.1, -0.05) is 17.7 Å². The van der Waals surface area contributed by atoms with Crippen LogP contribution in [0.15, 0.2) is 36.7 Å². The van der Waals surface area contributed by atoms with Gasteiger partial charge >= 0.3 is 0 Å². The van der Waals surface area contributed by atoms with Crippen molar-refractivity contribution in [1.82, 2.24) is 9.97 Å². The zero-order valence-corrected chi connectivity index (χ0v) is 17.6. The molecule has 1 atom stereocenters. The van der Waals surface area contributed by atoms with Crippen LogP contribution in [-0.4, -0.2) is 29.0 Å². The summed E-state index contributed by atoms with van der Waals surface area (Å²) >= 11 is 0. The van der Waals surface area contributed by atoms with Gasteiger partial charge in [-0.15, -0.1) is 0 Å². The average Bonchev–Trinajstić information content (AvgIpc) is 2.74. The molecule has 3 aromatic rings. The molecule has 6 heteroatoms. The Balaban J connectivity index is 1.64. The highest BCUT2D eigenvalue weighted by atomic mass is 16.2. The number of nitriles is 1. The zero-order valence-electron chi connectivity index (χ0n) is 17.6. The minimum atomic E-state index is -0.164. The Bertz CT molecular complexity index is 1150. The van der Waals surface area contributed by atoms with Gasteiger partial charge in [-0.2, -0.15) is 5.26 Å². The number of nitrogens with zero attached hydrogens (tertiary/aromatic N) is 4. The highest BCUT2D eigenvalue weighted by Gasteiger charge is 2.28. The van der Waals surface area contributed by atoms with E-state index in [1.165, 1.54) is 0 Å². The van der Waals surface area contributed by atoms with Crippen LogP contribution in [0, 0.1) is 38.0 Å². The summed E-state index contributed by atoms with van der Waals surface area (Å²) in [6, 6.07) is 10.2. The number of carbonyl (C=O) groups is 1. The van der Waals surface area contributed by atoms with Gasteiger partial charge in [0, 0.05) is 30.9 Å². The van der Waals surface area contributed by atoms with Crippen LogP contribution in [0.3, 0.4) is 0 Å². The molecule has 1 aliphatic heterocycles. The first-order chi connectivity index (χ1) is 14.5. The Kier molecular flexibility index (Phi) is 5.37. The predicted octanol–water partition coefficient (Wildman–Crippen LogP) is 4.28.